The summed E-state index contributed by atoms with van der Waals surface area (Å²) in [4.78, 5) is 4.63. The van der Waals surface area contributed by atoms with E-state index in [1.165, 1.54) is 0 Å². The third kappa shape index (κ3) is 5.24. The van der Waals surface area contributed by atoms with E-state index in [9.17, 15) is 0 Å². The van der Waals surface area contributed by atoms with Gasteiger partial charge >= 0.3 is 0 Å². The molecule has 1 heterocycles. The van der Waals surface area contributed by atoms with Crippen molar-refractivity contribution in [3.63, 3.8) is 0 Å². The van der Waals surface area contributed by atoms with Crippen molar-refractivity contribution in [2.75, 3.05) is 30.2 Å². The van der Waals surface area contributed by atoms with Crippen LogP contribution >= 0.6 is 0 Å². The molecule has 1 aromatic heterocycles. The number of para-hydroxylation sites is 1. The van der Waals surface area contributed by atoms with Gasteiger partial charge in [0.15, 0.2) is 0 Å². The Morgan fingerprint density at radius 2 is 1.35 bits per heavy atom. The summed E-state index contributed by atoms with van der Waals surface area (Å²) in [5.41, 5.74) is 2.67. The maximum absolute atomic E-state index is 5.31. The monoisotopic (exact) mass is 416 g/mol. The minimum absolute atomic E-state index is 0.434. The van der Waals surface area contributed by atoms with Crippen molar-refractivity contribution in [2.24, 2.45) is 0 Å². The van der Waals surface area contributed by atoms with Crippen LogP contribution in [0.25, 0.3) is 0 Å². The molecule has 0 aliphatic carbocycles. The molecule has 0 saturated carbocycles. The molecule has 8 nitrogen and oxygen atoms in total. The van der Waals surface area contributed by atoms with E-state index in [-0.39, 0.29) is 0 Å². The van der Waals surface area contributed by atoms with Gasteiger partial charge in [0, 0.05) is 29.2 Å². The number of hydrogen-bond acceptors (Lipinski definition) is 7. The Kier molecular flexibility index (Phi) is 6.18. The number of ether oxygens (including phenoxy) is 2. The molecule has 3 N–H and O–H groups in total. The van der Waals surface area contributed by atoms with Crippen LogP contribution in [0.4, 0.5) is 29.0 Å². The molecular weight excluding hydrogens is 392 g/mol. The smallest absolute Gasteiger partial charge is 0.248 e. The number of nitrogens with zero attached hydrogens (tertiary/aromatic N) is 3. The van der Waals surface area contributed by atoms with Gasteiger partial charge in [-0.3, -0.25) is 0 Å². The van der Waals surface area contributed by atoms with Crippen LogP contribution in [0.5, 0.6) is 11.5 Å². The molecule has 0 spiro atoms. The Morgan fingerprint density at radius 3 is 2.00 bits per heavy atom. The molecule has 0 atom stereocenters. The van der Waals surface area contributed by atoms with E-state index in [0.29, 0.717) is 18.6 Å². The Bertz CT molecular complexity index is 1130. The summed E-state index contributed by atoms with van der Waals surface area (Å²) in [5, 5.41) is 14.5. The first kappa shape index (κ1) is 20.1. The molecule has 0 unspecified atom stereocenters. The minimum atomic E-state index is 0.434. The second-order valence-electron chi connectivity index (χ2n) is 6.67. The molecular formula is C23H24N6O2. The van der Waals surface area contributed by atoms with Crippen LogP contribution in [0.3, 0.4) is 0 Å². The molecule has 0 aliphatic heterocycles. The molecule has 0 aliphatic rings. The summed E-state index contributed by atoms with van der Waals surface area (Å²) < 4.78 is 12.4. The van der Waals surface area contributed by atoms with Crippen LogP contribution in [-0.2, 0) is 6.67 Å². The minimum Gasteiger partial charge on any atom is -0.497 e. The van der Waals surface area contributed by atoms with E-state index in [4.69, 9.17) is 9.47 Å². The second kappa shape index (κ2) is 9.53. The van der Waals surface area contributed by atoms with E-state index in [2.05, 4.69) is 26.0 Å². The molecule has 0 radical (unpaired) electrons. The van der Waals surface area contributed by atoms with Crippen molar-refractivity contribution in [3.05, 3.63) is 78.9 Å². The summed E-state index contributed by atoms with van der Waals surface area (Å²) in [6.07, 6.45) is 0. The van der Waals surface area contributed by atoms with E-state index >= 15 is 0 Å². The van der Waals surface area contributed by atoms with Gasteiger partial charge in [-0.1, -0.05) is 30.3 Å². The van der Waals surface area contributed by atoms with Crippen molar-refractivity contribution in [3.8, 4) is 11.5 Å². The third-order valence-electron chi connectivity index (χ3n) is 4.53. The van der Waals surface area contributed by atoms with Gasteiger partial charge in [-0.05, 0) is 36.4 Å². The Morgan fingerprint density at radius 1 is 0.742 bits per heavy atom. The zero-order valence-corrected chi connectivity index (χ0v) is 17.4. The molecule has 0 amide bonds. The first-order valence-electron chi connectivity index (χ1n) is 9.79. The number of hydrogen-bond donors (Lipinski definition) is 3. The summed E-state index contributed by atoms with van der Waals surface area (Å²) >= 11 is 0. The highest BCUT2D eigenvalue weighted by Crippen LogP contribution is 2.24. The average molecular weight is 416 g/mol. The standard InChI is InChI=1S/C23H24N6O2/c1-30-20-12-6-10-18(14-20)25-22-27-23(26-19-11-7-13-21(15-19)31-2)29(28-22)16-24-17-8-4-3-5-9-17/h3-15,24H,16H2,1-2H3,(H2,25,26,27,28). The fourth-order valence-electron chi connectivity index (χ4n) is 2.98. The molecule has 0 bridgehead atoms. The van der Waals surface area contributed by atoms with Gasteiger partial charge in [-0.15, -0.1) is 5.10 Å². The summed E-state index contributed by atoms with van der Waals surface area (Å²) in [7, 11) is 3.28. The Labute approximate surface area is 180 Å². The number of benzene rings is 3. The van der Waals surface area contributed by atoms with Crippen molar-refractivity contribution in [1.29, 1.82) is 0 Å². The van der Waals surface area contributed by atoms with Crippen LogP contribution in [0.1, 0.15) is 0 Å². The molecule has 4 rings (SSSR count). The van der Waals surface area contributed by atoms with Crippen LogP contribution in [0.15, 0.2) is 78.9 Å². The third-order valence-corrected chi connectivity index (χ3v) is 4.53. The Hall–Kier alpha value is -4.20. The fourth-order valence-corrected chi connectivity index (χ4v) is 2.98. The quantitative estimate of drug-likeness (QED) is 0.359. The first-order chi connectivity index (χ1) is 15.2. The molecule has 0 saturated heterocycles. The van der Waals surface area contributed by atoms with E-state index in [1.807, 2.05) is 78.9 Å². The van der Waals surface area contributed by atoms with Gasteiger partial charge in [0.1, 0.15) is 18.2 Å². The van der Waals surface area contributed by atoms with Gasteiger partial charge in [-0.25, -0.2) is 4.68 Å². The fraction of sp³-hybridized carbons (Fsp3) is 0.130. The second-order valence-corrected chi connectivity index (χ2v) is 6.67. The van der Waals surface area contributed by atoms with Crippen molar-refractivity contribution in [2.45, 2.75) is 6.67 Å². The van der Waals surface area contributed by atoms with Crippen molar-refractivity contribution < 1.29 is 9.47 Å². The number of methoxy groups -OCH3 is 2. The lowest BCUT2D eigenvalue weighted by molar-refractivity contribution is 0.415. The molecule has 0 fully saturated rings. The predicted molar refractivity (Wildman–Crippen MR) is 123 cm³/mol. The van der Waals surface area contributed by atoms with Gasteiger partial charge in [-0.2, -0.15) is 4.98 Å². The maximum atomic E-state index is 5.31. The van der Waals surface area contributed by atoms with Crippen LogP contribution < -0.4 is 25.4 Å². The number of anilines is 5. The highest BCUT2D eigenvalue weighted by Gasteiger charge is 2.11. The van der Waals surface area contributed by atoms with Crippen molar-refractivity contribution >= 4 is 29.0 Å². The maximum Gasteiger partial charge on any atom is 0.248 e. The molecule has 3 aromatic carbocycles. The number of nitrogens with one attached hydrogen (secondary N) is 3. The van der Waals surface area contributed by atoms with Crippen LogP contribution in [0, 0.1) is 0 Å². The van der Waals surface area contributed by atoms with Gasteiger partial charge in [0.05, 0.1) is 14.2 Å². The van der Waals surface area contributed by atoms with E-state index < -0.39 is 0 Å². The van der Waals surface area contributed by atoms with Gasteiger partial charge < -0.3 is 25.4 Å². The largest absolute Gasteiger partial charge is 0.497 e. The molecule has 8 heteroatoms. The highest BCUT2D eigenvalue weighted by atomic mass is 16.5. The van der Waals surface area contributed by atoms with Gasteiger partial charge in [0.2, 0.25) is 11.9 Å². The molecule has 31 heavy (non-hydrogen) atoms. The topological polar surface area (TPSA) is 85.3 Å². The first-order valence-corrected chi connectivity index (χ1v) is 9.79. The predicted octanol–water partition coefficient (Wildman–Crippen LogP) is 4.85. The summed E-state index contributed by atoms with van der Waals surface area (Å²) in [6, 6.07) is 25.2. The lowest BCUT2D eigenvalue weighted by Crippen LogP contribution is -2.12. The highest BCUT2D eigenvalue weighted by molar-refractivity contribution is 5.60. The summed E-state index contributed by atoms with van der Waals surface area (Å²) in [5.74, 6) is 2.56. The molecule has 4 aromatic rings. The normalized spacial score (nSPS) is 10.4. The lowest BCUT2D eigenvalue weighted by atomic mass is 10.3. The Balaban J connectivity index is 1.58. The SMILES string of the molecule is COc1cccc(Nc2nc(Nc3cccc(OC)c3)n(CNc3ccccc3)n2)c1. The van der Waals surface area contributed by atoms with E-state index in [0.717, 1.165) is 28.6 Å². The summed E-state index contributed by atoms with van der Waals surface area (Å²) in [6.45, 7) is 0.434. The van der Waals surface area contributed by atoms with Gasteiger partial charge in [0.25, 0.3) is 0 Å². The zero-order valence-electron chi connectivity index (χ0n) is 17.4. The van der Waals surface area contributed by atoms with Crippen molar-refractivity contribution in [1.82, 2.24) is 14.8 Å². The zero-order chi connectivity index (χ0) is 21.5. The van der Waals surface area contributed by atoms with Crippen LogP contribution in [-0.4, -0.2) is 29.0 Å². The lowest BCUT2D eigenvalue weighted by Gasteiger charge is -2.10. The number of rotatable bonds is 9. The molecule has 158 valence electrons. The average Bonchev–Trinajstić information content (AvgIpc) is 3.19. The van der Waals surface area contributed by atoms with Crippen LogP contribution in [0.2, 0.25) is 0 Å². The number of aromatic nitrogens is 3. The van der Waals surface area contributed by atoms with E-state index in [1.54, 1.807) is 18.9 Å².